The Bertz CT molecular complexity index is 2790. The number of benzene rings is 3. The average molecular weight is 949 g/mol. The molecule has 6 heterocycles. The fourth-order valence-electron chi connectivity index (χ4n) is 11.1. The summed E-state index contributed by atoms with van der Waals surface area (Å²) in [5.74, 6) is 1.75. The fourth-order valence-corrected chi connectivity index (χ4v) is 11.1. The molecular weight excluding hydrogens is 877 g/mol. The Morgan fingerprint density at radius 3 is 2.33 bits per heavy atom. The van der Waals surface area contributed by atoms with E-state index in [0.29, 0.717) is 37.9 Å². The molecule has 3 aromatic carbocycles. The summed E-state index contributed by atoms with van der Waals surface area (Å²) in [6, 6.07) is 26.2. The van der Waals surface area contributed by atoms with Crippen LogP contribution in [0.2, 0.25) is 0 Å². The van der Waals surface area contributed by atoms with Crippen LogP contribution in [0, 0.1) is 24.2 Å². The number of aryl methyl sites for hydroxylation is 2. The summed E-state index contributed by atoms with van der Waals surface area (Å²) in [5.41, 5.74) is 8.96. The van der Waals surface area contributed by atoms with E-state index in [1.807, 2.05) is 37.3 Å². The zero-order valence-electron chi connectivity index (χ0n) is 42.1. The molecule has 3 N–H and O–H groups in total. The molecule has 15 heteroatoms. The number of anilines is 3. The lowest BCUT2D eigenvalue weighted by Crippen LogP contribution is -2.55. The Hall–Kier alpha value is -6.34. The highest BCUT2D eigenvalue weighted by molar-refractivity contribution is 5.96. The number of hydrogen-bond donors (Lipinski definition) is 3. The number of piperazine rings is 3. The topological polar surface area (TPSA) is 148 Å². The number of nitrogens with zero attached hydrogens (tertiary/aromatic N) is 9. The summed E-state index contributed by atoms with van der Waals surface area (Å²) >= 11 is 0. The van der Waals surface area contributed by atoms with Gasteiger partial charge < -0.3 is 34.7 Å². The molecule has 0 spiro atoms. The van der Waals surface area contributed by atoms with Crippen molar-refractivity contribution in [3.05, 3.63) is 102 Å². The molecule has 3 fully saturated rings. The molecule has 3 aliphatic rings. The van der Waals surface area contributed by atoms with E-state index in [-0.39, 0.29) is 36.2 Å². The number of carbonyl (C=O) groups is 2. The molecule has 0 saturated carbocycles. The molecular formula is C55H72N12O3. The summed E-state index contributed by atoms with van der Waals surface area (Å²) < 4.78 is 7.42. The highest BCUT2D eigenvalue weighted by Crippen LogP contribution is 2.36. The molecule has 9 rings (SSSR count). The Morgan fingerprint density at radius 2 is 1.59 bits per heavy atom. The lowest BCUT2D eigenvalue weighted by atomic mass is 9.93. The summed E-state index contributed by atoms with van der Waals surface area (Å²) in [4.78, 5) is 48.7. The number of aromatic amines is 2. The lowest BCUT2D eigenvalue weighted by Gasteiger charge is -2.43. The summed E-state index contributed by atoms with van der Waals surface area (Å²) in [5, 5.41) is 20.5. The Balaban J connectivity index is 0.836. The van der Waals surface area contributed by atoms with Crippen molar-refractivity contribution in [1.29, 1.82) is 5.26 Å². The quantitative estimate of drug-likeness (QED) is 0.0839. The van der Waals surface area contributed by atoms with Crippen molar-refractivity contribution in [3.8, 4) is 11.8 Å². The average Bonchev–Trinajstić information content (AvgIpc) is 4.14. The van der Waals surface area contributed by atoms with Gasteiger partial charge >= 0.3 is 0 Å². The van der Waals surface area contributed by atoms with Crippen molar-refractivity contribution in [3.63, 3.8) is 0 Å². The number of aromatic nitrogens is 4. The van der Waals surface area contributed by atoms with E-state index < -0.39 is 0 Å². The smallest absolute Gasteiger partial charge is 0.239 e. The van der Waals surface area contributed by atoms with Gasteiger partial charge in [0.05, 0.1) is 36.9 Å². The van der Waals surface area contributed by atoms with Gasteiger partial charge in [-0.1, -0.05) is 45.0 Å². The number of carbonyl (C=O) groups excluding carboxylic acids is 2. The zero-order chi connectivity index (χ0) is 48.9. The summed E-state index contributed by atoms with van der Waals surface area (Å²) in [6.07, 6.45) is 6.25. The van der Waals surface area contributed by atoms with Crippen LogP contribution in [0.1, 0.15) is 74.3 Å². The van der Waals surface area contributed by atoms with E-state index in [9.17, 15) is 14.9 Å². The van der Waals surface area contributed by atoms with Crippen LogP contribution in [-0.2, 0) is 23.2 Å². The predicted molar refractivity (Wildman–Crippen MR) is 280 cm³/mol. The molecule has 2 amide bonds. The first kappa shape index (κ1) is 48.7. The molecule has 6 aromatic rings. The number of nitrogens with one attached hydrogen (secondary N) is 3. The van der Waals surface area contributed by atoms with Gasteiger partial charge in [0.25, 0.3) is 0 Å². The number of ether oxygens (including phenoxy) is 1. The van der Waals surface area contributed by atoms with Crippen LogP contribution in [-0.4, -0.2) is 149 Å². The second-order valence-corrected chi connectivity index (χ2v) is 20.2. The van der Waals surface area contributed by atoms with Gasteiger partial charge in [-0.2, -0.15) is 10.4 Å². The minimum atomic E-state index is -0.250. The first-order chi connectivity index (χ1) is 34.0. The molecule has 15 nitrogen and oxygen atoms in total. The molecule has 0 bridgehead atoms. The SMILES string of the molecule is COc1ccc(C(C)C)cc1CN1CCN(C(=O)C(C)CC[C@H]2CN(c3ccc(C(C#N)CCN4CCN(c5cccc6[nH]ccc56)CC4)c4[nH]ccc34)CCN2CC(=O)Nc2cc(C)nn2C)CC1. The molecule has 0 aliphatic carbocycles. The van der Waals surface area contributed by atoms with Crippen LogP contribution in [0.4, 0.5) is 17.2 Å². The second kappa shape index (κ2) is 21.7. The van der Waals surface area contributed by atoms with Gasteiger partial charge in [-0.25, -0.2) is 0 Å². The maximum Gasteiger partial charge on any atom is 0.239 e. The maximum absolute atomic E-state index is 14.1. The number of hydrogen-bond acceptors (Lipinski definition) is 10. The van der Waals surface area contributed by atoms with Crippen molar-refractivity contribution in [2.75, 3.05) is 107 Å². The number of rotatable bonds is 17. The summed E-state index contributed by atoms with van der Waals surface area (Å²) in [7, 11) is 3.57. The van der Waals surface area contributed by atoms with Gasteiger partial charge in [0.1, 0.15) is 11.6 Å². The van der Waals surface area contributed by atoms with Crippen molar-refractivity contribution in [2.24, 2.45) is 13.0 Å². The normalized spacial score (nSPS) is 18.4. The number of amides is 2. The maximum atomic E-state index is 14.1. The van der Waals surface area contributed by atoms with Crippen molar-refractivity contribution >= 4 is 50.8 Å². The van der Waals surface area contributed by atoms with Crippen LogP contribution in [0.15, 0.2) is 79.1 Å². The van der Waals surface area contributed by atoms with E-state index >= 15 is 0 Å². The molecule has 3 aromatic heterocycles. The van der Waals surface area contributed by atoms with Crippen LogP contribution in [0.25, 0.3) is 21.8 Å². The van der Waals surface area contributed by atoms with E-state index in [4.69, 9.17) is 4.74 Å². The van der Waals surface area contributed by atoms with Gasteiger partial charge in [0, 0.05) is 149 Å². The number of fused-ring (bicyclic) bond motifs is 2. The fraction of sp³-hybridized carbons (Fsp3) is 0.491. The number of H-pyrrole nitrogens is 2. The highest BCUT2D eigenvalue weighted by atomic mass is 16.5. The van der Waals surface area contributed by atoms with Gasteiger partial charge in [0.15, 0.2) is 0 Å². The van der Waals surface area contributed by atoms with Gasteiger partial charge in [-0.3, -0.25) is 29.0 Å². The monoisotopic (exact) mass is 949 g/mol. The van der Waals surface area contributed by atoms with Crippen molar-refractivity contribution in [2.45, 2.75) is 71.4 Å². The van der Waals surface area contributed by atoms with Crippen LogP contribution in [0.3, 0.4) is 0 Å². The number of nitriles is 1. The van der Waals surface area contributed by atoms with E-state index in [2.05, 4.69) is 132 Å². The van der Waals surface area contributed by atoms with E-state index in [0.717, 1.165) is 117 Å². The van der Waals surface area contributed by atoms with Crippen LogP contribution >= 0.6 is 0 Å². The third-order valence-electron chi connectivity index (χ3n) is 15.2. The lowest BCUT2D eigenvalue weighted by molar-refractivity contribution is -0.137. The minimum absolute atomic E-state index is 0.0355. The van der Waals surface area contributed by atoms with E-state index in [1.54, 1.807) is 11.8 Å². The first-order valence-electron chi connectivity index (χ1n) is 25.5. The zero-order valence-corrected chi connectivity index (χ0v) is 42.1. The third-order valence-corrected chi connectivity index (χ3v) is 15.2. The molecule has 70 heavy (non-hydrogen) atoms. The van der Waals surface area contributed by atoms with Crippen molar-refractivity contribution in [1.82, 2.24) is 39.3 Å². The largest absolute Gasteiger partial charge is 0.496 e. The highest BCUT2D eigenvalue weighted by Gasteiger charge is 2.33. The molecule has 2 unspecified atom stereocenters. The third kappa shape index (κ3) is 10.8. The Morgan fingerprint density at radius 1 is 0.843 bits per heavy atom. The molecule has 370 valence electrons. The summed E-state index contributed by atoms with van der Waals surface area (Å²) in [6.45, 7) is 19.3. The molecule has 3 saturated heterocycles. The Kier molecular flexibility index (Phi) is 15.1. The van der Waals surface area contributed by atoms with Gasteiger partial charge in [0.2, 0.25) is 11.8 Å². The van der Waals surface area contributed by atoms with Gasteiger partial charge in [-0.05, 0) is 86.2 Å². The van der Waals surface area contributed by atoms with Crippen LogP contribution < -0.4 is 19.9 Å². The molecule has 0 radical (unpaired) electrons. The standard InChI is InChI=1S/C55H72N12O3/c1-38(2)41-11-15-51(70-6)43(33-41)35-63-24-28-65(29-25-63)55(69)39(3)10-12-44-36-67(31-30-66(44)37-53(68)59-52-32-40(4)60-61(52)5)50-14-13-45(54-47(50)17-20-58-54)42(34-56)18-21-62-22-26-64(27-23-62)49-9-7-8-48-46(49)16-19-57-48/h7-9,11,13-17,19-20,32-33,38-39,42,44,57-58H,10,12,18,21-31,35-37H2,1-6H3,(H,59,68)/t39?,42?,44-/m0/s1. The van der Waals surface area contributed by atoms with Gasteiger partial charge in [-0.15, -0.1) is 0 Å². The van der Waals surface area contributed by atoms with Crippen LogP contribution in [0.5, 0.6) is 5.75 Å². The van der Waals surface area contributed by atoms with E-state index in [1.165, 1.54) is 22.2 Å². The van der Waals surface area contributed by atoms with Crippen molar-refractivity contribution < 1.29 is 14.3 Å². The second-order valence-electron chi connectivity index (χ2n) is 20.2. The molecule has 3 atom stereocenters. The predicted octanol–water partition coefficient (Wildman–Crippen LogP) is 7.53. The Labute approximate surface area is 413 Å². The minimum Gasteiger partial charge on any atom is -0.496 e. The molecule has 3 aliphatic heterocycles. The number of methoxy groups -OCH3 is 1. The first-order valence-corrected chi connectivity index (χ1v) is 25.5.